The first-order chi connectivity index (χ1) is 15.6. The number of nitrogens with one attached hydrogen (secondary N) is 2. The van der Waals surface area contributed by atoms with E-state index in [1.807, 2.05) is 41.9 Å². The number of hydrogen-bond donors (Lipinski definition) is 2. The minimum atomic E-state index is -0.289. The Morgan fingerprint density at radius 3 is 2.50 bits per heavy atom. The van der Waals surface area contributed by atoms with Gasteiger partial charge in [-0.1, -0.05) is 42.1 Å². The van der Waals surface area contributed by atoms with E-state index in [-0.39, 0.29) is 17.6 Å². The number of benzene rings is 2. The topological polar surface area (TPSA) is 101 Å². The van der Waals surface area contributed by atoms with Crippen molar-refractivity contribution in [2.75, 3.05) is 47.6 Å². The Kier molecular flexibility index (Phi) is 7.03. The van der Waals surface area contributed by atoms with Crippen molar-refractivity contribution in [3.63, 3.8) is 0 Å². The van der Waals surface area contributed by atoms with Gasteiger partial charge in [0.1, 0.15) is 0 Å². The SMILES string of the molecule is Cn1c(SCC(=O)Nc2ccccc2C(=O)Nc2ccccc2)nnc1N1CCOCC1. The number of aromatic nitrogens is 3. The monoisotopic (exact) mass is 452 g/mol. The molecule has 166 valence electrons. The van der Waals surface area contributed by atoms with Crippen LogP contribution in [0.3, 0.4) is 0 Å². The maximum Gasteiger partial charge on any atom is 0.257 e. The zero-order valence-corrected chi connectivity index (χ0v) is 18.5. The van der Waals surface area contributed by atoms with Gasteiger partial charge in [0, 0.05) is 25.8 Å². The van der Waals surface area contributed by atoms with Gasteiger partial charge in [-0.2, -0.15) is 0 Å². The zero-order chi connectivity index (χ0) is 22.3. The summed E-state index contributed by atoms with van der Waals surface area (Å²) in [4.78, 5) is 27.4. The van der Waals surface area contributed by atoms with Crippen LogP contribution in [-0.4, -0.2) is 58.6 Å². The minimum Gasteiger partial charge on any atom is -0.378 e. The van der Waals surface area contributed by atoms with Gasteiger partial charge in [-0.3, -0.25) is 14.2 Å². The average molecular weight is 453 g/mol. The van der Waals surface area contributed by atoms with Crippen molar-refractivity contribution in [3.8, 4) is 0 Å². The molecule has 1 fully saturated rings. The minimum absolute atomic E-state index is 0.143. The summed E-state index contributed by atoms with van der Waals surface area (Å²) in [6.07, 6.45) is 0. The van der Waals surface area contributed by atoms with Crippen molar-refractivity contribution in [2.24, 2.45) is 7.05 Å². The van der Waals surface area contributed by atoms with Gasteiger partial charge in [0.25, 0.3) is 5.91 Å². The lowest BCUT2D eigenvalue weighted by Gasteiger charge is -2.27. The van der Waals surface area contributed by atoms with E-state index < -0.39 is 0 Å². The molecule has 2 aromatic carbocycles. The van der Waals surface area contributed by atoms with Crippen LogP contribution in [0.25, 0.3) is 0 Å². The highest BCUT2D eigenvalue weighted by Crippen LogP contribution is 2.22. The second-order valence-corrected chi connectivity index (χ2v) is 8.09. The van der Waals surface area contributed by atoms with Crippen LogP contribution in [0.2, 0.25) is 0 Å². The van der Waals surface area contributed by atoms with Gasteiger partial charge in [-0.15, -0.1) is 10.2 Å². The van der Waals surface area contributed by atoms with Crippen LogP contribution in [0.1, 0.15) is 10.4 Å². The predicted octanol–water partition coefficient (Wildman–Crippen LogP) is 2.63. The molecule has 2 N–H and O–H groups in total. The van der Waals surface area contributed by atoms with Gasteiger partial charge in [0.15, 0.2) is 5.16 Å². The molecule has 0 unspecified atom stereocenters. The summed E-state index contributed by atoms with van der Waals surface area (Å²) in [5.41, 5.74) is 1.54. The molecule has 2 amide bonds. The van der Waals surface area contributed by atoms with Crippen molar-refractivity contribution >= 4 is 40.9 Å². The summed E-state index contributed by atoms with van der Waals surface area (Å²) in [7, 11) is 1.88. The fourth-order valence-corrected chi connectivity index (χ4v) is 4.00. The second-order valence-electron chi connectivity index (χ2n) is 7.14. The molecule has 1 saturated heterocycles. The maximum absolute atomic E-state index is 12.7. The van der Waals surface area contributed by atoms with E-state index in [0.717, 1.165) is 19.0 Å². The highest BCUT2D eigenvalue weighted by Gasteiger charge is 2.19. The third kappa shape index (κ3) is 5.27. The van der Waals surface area contributed by atoms with E-state index in [2.05, 4.69) is 25.7 Å². The Labute approximate surface area is 190 Å². The molecule has 0 spiro atoms. The van der Waals surface area contributed by atoms with Gasteiger partial charge < -0.3 is 20.3 Å². The number of carbonyl (C=O) groups is 2. The van der Waals surface area contributed by atoms with Gasteiger partial charge >= 0.3 is 0 Å². The van der Waals surface area contributed by atoms with Crippen LogP contribution in [0.4, 0.5) is 17.3 Å². The third-order valence-corrected chi connectivity index (χ3v) is 5.94. The molecule has 1 aromatic heterocycles. The van der Waals surface area contributed by atoms with E-state index in [1.165, 1.54) is 11.8 Å². The smallest absolute Gasteiger partial charge is 0.257 e. The number of rotatable bonds is 7. The normalized spacial score (nSPS) is 13.6. The Hall–Kier alpha value is -3.37. The van der Waals surface area contributed by atoms with E-state index in [0.29, 0.717) is 35.3 Å². The summed E-state index contributed by atoms with van der Waals surface area (Å²) in [6.45, 7) is 2.85. The number of carbonyl (C=O) groups excluding carboxylic acids is 2. The van der Waals surface area contributed by atoms with Crippen LogP contribution < -0.4 is 15.5 Å². The molecule has 4 rings (SSSR count). The number of nitrogens with zero attached hydrogens (tertiary/aromatic N) is 4. The lowest BCUT2D eigenvalue weighted by molar-refractivity contribution is -0.113. The first-order valence-corrected chi connectivity index (χ1v) is 11.2. The van der Waals surface area contributed by atoms with Gasteiger partial charge in [0.05, 0.1) is 30.2 Å². The van der Waals surface area contributed by atoms with Gasteiger partial charge in [0.2, 0.25) is 11.9 Å². The molecular weight excluding hydrogens is 428 g/mol. The average Bonchev–Trinajstić information content (AvgIpc) is 3.19. The molecule has 1 aliphatic heterocycles. The standard InChI is InChI=1S/C22H24N6O3S/c1-27-21(28-11-13-31-14-12-28)25-26-22(27)32-15-19(29)24-18-10-6-5-9-17(18)20(30)23-16-7-3-2-4-8-16/h2-10H,11-15H2,1H3,(H,23,30)(H,24,29). The molecule has 0 atom stereocenters. The van der Waals surface area contributed by atoms with E-state index in [9.17, 15) is 9.59 Å². The highest BCUT2D eigenvalue weighted by molar-refractivity contribution is 7.99. The van der Waals surface area contributed by atoms with Crippen molar-refractivity contribution in [1.82, 2.24) is 14.8 Å². The fraction of sp³-hybridized carbons (Fsp3) is 0.273. The van der Waals surface area contributed by atoms with E-state index in [1.54, 1.807) is 24.3 Å². The number of ether oxygens (including phenoxy) is 1. The molecule has 9 nitrogen and oxygen atoms in total. The molecule has 10 heteroatoms. The van der Waals surface area contributed by atoms with E-state index in [4.69, 9.17) is 4.74 Å². The number of para-hydroxylation sites is 2. The Morgan fingerprint density at radius 1 is 1.00 bits per heavy atom. The summed E-state index contributed by atoms with van der Waals surface area (Å²) in [5.74, 6) is 0.386. The molecular formula is C22H24N6O3S. The number of hydrogen-bond acceptors (Lipinski definition) is 7. The first-order valence-electron chi connectivity index (χ1n) is 10.2. The predicted molar refractivity (Wildman–Crippen MR) is 124 cm³/mol. The van der Waals surface area contributed by atoms with Crippen molar-refractivity contribution in [3.05, 3.63) is 60.2 Å². The van der Waals surface area contributed by atoms with Crippen molar-refractivity contribution < 1.29 is 14.3 Å². The van der Waals surface area contributed by atoms with E-state index >= 15 is 0 Å². The Morgan fingerprint density at radius 2 is 1.72 bits per heavy atom. The first kappa shape index (κ1) is 21.8. The van der Waals surface area contributed by atoms with Crippen LogP contribution in [-0.2, 0) is 16.6 Å². The summed E-state index contributed by atoms with van der Waals surface area (Å²) < 4.78 is 7.26. The molecule has 0 aliphatic carbocycles. The molecule has 3 aromatic rings. The summed E-state index contributed by atoms with van der Waals surface area (Å²) in [5, 5.41) is 14.8. The lowest BCUT2D eigenvalue weighted by Crippen LogP contribution is -2.37. The third-order valence-electron chi connectivity index (χ3n) is 4.92. The number of thioether (sulfide) groups is 1. The lowest BCUT2D eigenvalue weighted by atomic mass is 10.1. The van der Waals surface area contributed by atoms with Crippen LogP contribution >= 0.6 is 11.8 Å². The van der Waals surface area contributed by atoms with Crippen LogP contribution in [0.15, 0.2) is 59.8 Å². The van der Waals surface area contributed by atoms with Crippen molar-refractivity contribution in [1.29, 1.82) is 0 Å². The summed E-state index contributed by atoms with van der Waals surface area (Å²) >= 11 is 1.29. The quantitative estimate of drug-likeness (QED) is 0.532. The fourth-order valence-electron chi connectivity index (χ4n) is 3.30. The molecule has 0 saturated carbocycles. The Balaban J connectivity index is 1.37. The van der Waals surface area contributed by atoms with Crippen molar-refractivity contribution in [2.45, 2.75) is 5.16 Å². The molecule has 1 aliphatic rings. The highest BCUT2D eigenvalue weighted by atomic mass is 32.2. The number of anilines is 3. The molecule has 0 radical (unpaired) electrons. The zero-order valence-electron chi connectivity index (χ0n) is 17.7. The molecule has 0 bridgehead atoms. The number of morpholine rings is 1. The molecule has 32 heavy (non-hydrogen) atoms. The summed E-state index contributed by atoms with van der Waals surface area (Å²) in [6, 6.07) is 16.1. The second kappa shape index (κ2) is 10.3. The van der Waals surface area contributed by atoms with Crippen LogP contribution in [0, 0.1) is 0 Å². The van der Waals surface area contributed by atoms with Gasteiger partial charge in [-0.05, 0) is 24.3 Å². The maximum atomic E-state index is 12.7. The number of amides is 2. The Bertz CT molecular complexity index is 1080. The molecule has 2 heterocycles. The largest absolute Gasteiger partial charge is 0.378 e. The van der Waals surface area contributed by atoms with Crippen LogP contribution in [0.5, 0.6) is 0 Å². The van der Waals surface area contributed by atoms with Gasteiger partial charge in [-0.25, -0.2) is 0 Å².